The lowest BCUT2D eigenvalue weighted by atomic mass is 9.96. The number of hydrogen-bond acceptors (Lipinski definition) is 5. The summed E-state index contributed by atoms with van der Waals surface area (Å²) in [6.45, 7) is 1.72. The number of aromatic nitrogens is 4. The van der Waals surface area contributed by atoms with Gasteiger partial charge in [-0.1, -0.05) is 49.1 Å². The van der Waals surface area contributed by atoms with Crippen molar-refractivity contribution in [3.05, 3.63) is 69.5 Å². The summed E-state index contributed by atoms with van der Waals surface area (Å²) in [5.74, 6) is 2.07. The maximum Gasteiger partial charge on any atom is 0.324 e. The van der Waals surface area contributed by atoms with Crippen molar-refractivity contribution >= 4 is 37.9 Å². The van der Waals surface area contributed by atoms with E-state index >= 15 is 0 Å². The van der Waals surface area contributed by atoms with Crippen LogP contribution in [-0.2, 0) is 0 Å². The number of nitrogens with one attached hydrogen (secondary N) is 1. The molecule has 3 heterocycles. The van der Waals surface area contributed by atoms with Gasteiger partial charge in [0.1, 0.15) is 5.82 Å². The van der Waals surface area contributed by atoms with Gasteiger partial charge in [0, 0.05) is 33.5 Å². The summed E-state index contributed by atoms with van der Waals surface area (Å²) >= 11 is 6.92. The van der Waals surface area contributed by atoms with Gasteiger partial charge in [0.05, 0.1) is 11.9 Å². The topological polar surface area (TPSA) is 70.8 Å². The van der Waals surface area contributed by atoms with Gasteiger partial charge in [-0.15, -0.1) is 0 Å². The van der Waals surface area contributed by atoms with E-state index in [1.165, 1.54) is 0 Å². The van der Waals surface area contributed by atoms with Crippen LogP contribution in [0.5, 0.6) is 0 Å². The third-order valence-corrected chi connectivity index (χ3v) is 6.48. The first kappa shape index (κ1) is 19.5. The standard InChI is InChI=1S/C22H19Br2N5O/c23-17-5-1-14(2-6-17)19-13-25-20(26-19)16-9-11-29(12-10-16)22-27-21(28-30-22)15-3-7-18(24)8-4-15/h1-8,13,16H,9-12H2,(H,25,26). The van der Waals surface area contributed by atoms with Gasteiger partial charge in [-0.05, 0) is 54.8 Å². The van der Waals surface area contributed by atoms with Crippen LogP contribution in [-0.4, -0.2) is 33.2 Å². The summed E-state index contributed by atoms with van der Waals surface area (Å²) in [6.07, 6.45) is 3.90. The van der Waals surface area contributed by atoms with Crippen molar-refractivity contribution in [2.45, 2.75) is 18.8 Å². The minimum atomic E-state index is 0.402. The molecule has 2 aromatic heterocycles. The lowest BCUT2D eigenvalue weighted by Gasteiger charge is -2.29. The summed E-state index contributed by atoms with van der Waals surface area (Å²) in [5.41, 5.74) is 3.14. The van der Waals surface area contributed by atoms with Crippen molar-refractivity contribution in [3.8, 4) is 22.6 Å². The third kappa shape index (κ3) is 4.06. The number of hydrogen-bond donors (Lipinski definition) is 1. The van der Waals surface area contributed by atoms with Crippen molar-refractivity contribution in [1.82, 2.24) is 20.1 Å². The fourth-order valence-corrected chi connectivity index (χ4v) is 4.25. The Morgan fingerprint density at radius 3 is 2.20 bits per heavy atom. The lowest BCUT2D eigenvalue weighted by molar-refractivity contribution is 0.391. The second-order valence-corrected chi connectivity index (χ2v) is 9.19. The second-order valence-electron chi connectivity index (χ2n) is 7.36. The number of benzene rings is 2. The Balaban J connectivity index is 1.24. The zero-order valence-electron chi connectivity index (χ0n) is 16.1. The van der Waals surface area contributed by atoms with Crippen molar-refractivity contribution in [2.24, 2.45) is 0 Å². The molecule has 1 fully saturated rings. The fraction of sp³-hybridized carbons (Fsp3) is 0.227. The van der Waals surface area contributed by atoms with E-state index in [1.807, 2.05) is 42.6 Å². The van der Waals surface area contributed by atoms with Gasteiger partial charge in [-0.3, -0.25) is 0 Å². The van der Waals surface area contributed by atoms with Gasteiger partial charge >= 0.3 is 6.01 Å². The first-order valence-corrected chi connectivity index (χ1v) is 11.4. The number of piperidine rings is 1. The maximum atomic E-state index is 5.53. The Kier molecular flexibility index (Phi) is 5.43. The molecule has 30 heavy (non-hydrogen) atoms. The molecule has 152 valence electrons. The Morgan fingerprint density at radius 1 is 0.900 bits per heavy atom. The molecule has 0 saturated carbocycles. The van der Waals surface area contributed by atoms with Crippen molar-refractivity contribution in [1.29, 1.82) is 0 Å². The van der Waals surface area contributed by atoms with Crippen molar-refractivity contribution in [3.63, 3.8) is 0 Å². The average Bonchev–Trinajstić information content (AvgIpc) is 3.45. The number of anilines is 1. The van der Waals surface area contributed by atoms with E-state index < -0.39 is 0 Å². The quantitative estimate of drug-likeness (QED) is 0.350. The highest BCUT2D eigenvalue weighted by Gasteiger charge is 2.26. The van der Waals surface area contributed by atoms with E-state index in [0.717, 1.165) is 57.5 Å². The maximum absolute atomic E-state index is 5.53. The monoisotopic (exact) mass is 527 g/mol. The molecule has 0 aliphatic carbocycles. The summed E-state index contributed by atoms with van der Waals surface area (Å²) < 4.78 is 7.63. The van der Waals surface area contributed by atoms with E-state index in [-0.39, 0.29) is 0 Å². The van der Waals surface area contributed by atoms with Crippen LogP contribution < -0.4 is 4.90 Å². The minimum Gasteiger partial charge on any atom is -0.342 e. The molecule has 8 heteroatoms. The van der Waals surface area contributed by atoms with E-state index in [4.69, 9.17) is 4.52 Å². The molecule has 1 saturated heterocycles. The number of nitrogens with zero attached hydrogens (tertiary/aromatic N) is 4. The summed E-state index contributed by atoms with van der Waals surface area (Å²) in [7, 11) is 0. The highest BCUT2D eigenvalue weighted by Crippen LogP contribution is 2.31. The lowest BCUT2D eigenvalue weighted by Crippen LogP contribution is -2.33. The van der Waals surface area contributed by atoms with Crippen LogP contribution in [0.15, 0.2) is 68.2 Å². The Morgan fingerprint density at radius 2 is 1.53 bits per heavy atom. The van der Waals surface area contributed by atoms with Crippen molar-refractivity contribution in [2.75, 3.05) is 18.0 Å². The Bertz CT molecular complexity index is 1040. The van der Waals surface area contributed by atoms with E-state index in [9.17, 15) is 0 Å². The number of imidazole rings is 1. The number of aromatic amines is 1. The molecule has 0 amide bonds. The Labute approximate surface area is 191 Å². The predicted octanol–water partition coefficient (Wildman–Crippen LogP) is 6.04. The smallest absolute Gasteiger partial charge is 0.324 e. The van der Waals surface area contributed by atoms with Gasteiger partial charge in [-0.2, -0.15) is 4.98 Å². The molecule has 0 unspecified atom stereocenters. The molecule has 5 rings (SSSR count). The molecule has 4 aromatic rings. The predicted molar refractivity (Wildman–Crippen MR) is 123 cm³/mol. The summed E-state index contributed by atoms with van der Waals surface area (Å²) in [4.78, 5) is 14.9. The van der Waals surface area contributed by atoms with Crippen molar-refractivity contribution < 1.29 is 4.52 Å². The highest BCUT2D eigenvalue weighted by molar-refractivity contribution is 9.10. The molecular formula is C22H19Br2N5O. The number of H-pyrrole nitrogens is 1. The molecule has 1 aliphatic rings. The largest absolute Gasteiger partial charge is 0.342 e. The minimum absolute atomic E-state index is 0.402. The SMILES string of the molecule is Brc1ccc(-c2noc(N3CCC(c4ncc(-c5ccc(Br)cc5)[nH]4)CC3)n2)cc1. The van der Waals surface area contributed by atoms with Crippen LogP contribution in [0.4, 0.5) is 6.01 Å². The molecular weight excluding hydrogens is 510 g/mol. The molecule has 0 bridgehead atoms. The van der Waals surface area contributed by atoms with Crippen LogP contribution >= 0.6 is 31.9 Å². The van der Waals surface area contributed by atoms with Gasteiger partial charge in [0.2, 0.25) is 5.82 Å². The zero-order chi connectivity index (χ0) is 20.5. The highest BCUT2D eigenvalue weighted by atomic mass is 79.9. The van der Waals surface area contributed by atoms with Gasteiger partial charge in [0.25, 0.3) is 0 Å². The van der Waals surface area contributed by atoms with Crippen LogP contribution in [0.3, 0.4) is 0 Å². The fourth-order valence-electron chi connectivity index (χ4n) is 3.72. The average molecular weight is 529 g/mol. The third-order valence-electron chi connectivity index (χ3n) is 5.42. The zero-order valence-corrected chi connectivity index (χ0v) is 19.2. The van der Waals surface area contributed by atoms with E-state index in [2.05, 4.69) is 69.0 Å². The second kappa shape index (κ2) is 8.35. The molecule has 1 N–H and O–H groups in total. The summed E-state index contributed by atoms with van der Waals surface area (Å²) in [6, 6.07) is 16.7. The molecule has 0 atom stereocenters. The van der Waals surface area contributed by atoms with Crippen LogP contribution in [0.2, 0.25) is 0 Å². The number of rotatable bonds is 4. The first-order valence-electron chi connectivity index (χ1n) is 9.81. The van der Waals surface area contributed by atoms with E-state index in [0.29, 0.717) is 17.8 Å². The molecule has 1 aliphatic heterocycles. The summed E-state index contributed by atoms with van der Waals surface area (Å²) in [5, 5.41) is 4.15. The van der Waals surface area contributed by atoms with Crippen LogP contribution in [0.25, 0.3) is 22.6 Å². The van der Waals surface area contributed by atoms with Gasteiger partial charge in [0.15, 0.2) is 0 Å². The molecule has 0 radical (unpaired) electrons. The van der Waals surface area contributed by atoms with Gasteiger partial charge in [-0.25, -0.2) is 4.98 Å². The van der Waals surface area contributed by atoms with Crippen LogP contribution in [0, 0.1) is 0 Å². The molecule has 0 spiro atoms. The van der Waals surface area contributed by atoms with Gasteiger partial charge < -0.3 is 14.4 Å². The Hall–Kier alpha value is -2.45. The normalized spacial score (nSPS) is 14.9. The number of halogens is 2. The molecule has 6 nitrogen and oxygen atoms in total. The molecule has 2 aromatic carbocycles. The first-order chi connectivity index (χ1) is 14.7. The van der Waals surface area contributed by atoms with Crippen LogP contribution in [0.1, 0.15) is 24.6 Å². The van der Waals surface area contributed by atoms with E-state index in [1.54, 1.807) is 0 Å².